The third-order valence-corrected chi connectivity index (χ3v) is 2.11. The fraction of sp³-hybridized carbons (Fsp3) is 0.571. The van der Waals surface area contributed by atoms with Crippen molar-refractivity contribution in [3.63, 3.8) is 0 Å². The molecule has 0 aliphatic rings. The third-order valence-electron chi connectivity index (χ3n) is 1.75. The zero-order chi connectivity index (χ0) is 14.4. The van der Waals surface area contributed by atoms with E-state index >= 15 is 0 Å². The normalized spacial score (nSPS) is 8.39. The van der Waals surface area contributed by atoms with Crippen LogP contribution in [0.5, 0.6) is 11.5 Å². The Labute approximate surface area is 114 Å². The molecule has 3 nitrogen and oxygen atoms in total. The lowest BCUT2D eigenvalue weighted by Gasteiger charge is -2.10. The molecule has 0 spiro atoms. The first-order valence-corrected chi connectivity index (χ1v) is 7.03. The number of rotatable bonds is 5. The molecule has 0 radical (unpaired) electrons. The average Bonchev–Trinajstić information content (AvgIpc) is 2.45. The summed E-state index contributed by atoms with van der Waals surface area (Å²) >= 11 is 0. The third kappa shape index (κ3) is 8.32. The molecule has 1 aromatic rings. The molecule has 106 valence electrons. The number of hydrogen-bond donors (Lipinski definition) is 1. The van der Waals surface area contributed by atoms with E-state index in [2.05, 4.69) is 9.24 Å². The molecule has 0 amide bonds. The quantitative estimate of drug-likeness (QED) is 0.662. The number of benzene rings is 1. The van der Waals surface area contributed by atoms with Crippen LogP contribution in [0.1, 0.15) is 34.1 Å². The first-order valence-electron chi connectivity index (χ1n) is 6.45. The van der Waals surface area contributed by atoms with E-state index in [-0.39, 0.29) is 6.61 Å². The summed E-state index contributed by atoms with van der Waals surface area (Å²) in [5.41, 5.74) is 0. The Bertz CT molecular complexity index is 290. The molecule has 0 bridgehead atoms. The summed E-state index contributed by atoms with van der Waals surface area (Å²) < 4.78 is 10.6. The highest BCUT2D eigenvalue weighted by Gasteiger charge is 2.03. The number of hydrogen-bond acceptors (Lipinski definition) is 3. The number of methoxy groups -OCH3 is 1. The predicted molar refractivity (Wildman–Crippen MR) is 82.2 cm³/mol. The van der Waals surface area contributed by atoms with Crippen molar-refractivity contribution in [2.45, 2.75) is 34.1 Å². The van der Waals surface area contributed by atoms with Gasteiger partial charge in [0.1, 0.15) is 0 Å². The summed E-state index contributed by atoms with van der Waals surface area (Å²) in [7, 11) is 4.21. The summed E-state index contributed by atoms with van der Waals surface area (Å²) in [5, 5.41) is 9.65. The van der Waals surface area contributed by atoms with Crippen molar-refractivity contribution in [2.75, 3.05) is 20.3 Å². The predicted octanol–water partition coefficient (Wildman–Crippen LogP) is 3.01. The second kappa shape index (κ2) is 14.3. The molecule has 0 aliphatic heterocycles. The Hall–Kier alpha value is -0.790. The topological polar surface area (TPSA) is 38.7 Å². The molecule has 0 saturated heterocycles. The molecular weight excluding hydrogens is 247 g/mol. The van der Waals surface area contributed by atoms with E-state index in [1.54, 1.807) is 7.11 Å². The first-order chi connectivity index (χ1) is 8.77. The van der Waals surface area contributed by atoms with Crippen LogP contribution in [0.4, 0.5) is 0 Å². The second-order valence-electron chi connectivity index (χ2n) is 2.84. The number of aliphatic hydroxyl groups is 1. The first kappa shape index (κ1) is 19.5. The summed E-state index contributed by atoms with van der Waals surface area (Å²) in [6.07, 6.45) is 0.631. The van der Waals surface area contributed by atoms with Gasteiger partial charge in [-0.15, -0.1) is 9.24 Å². The average molecular weight is 274 g/mol. The molecule has 1 N–H and O–H groups in total. The van der Waals surface area contributed by atoms with Crippen molar-refractivity contribution in [2.24, 2.45) is 0 Å². The lowest BCUT2D eigenvalue weighted by atomic mass is 10.3. The van der Waals surface area contributed by atoms with Crippen LogP contribution in [-0.4, -0.2) is 25.4 Å². The van der Waals surface area contributed by atoms with Gasteiger partial charge >= 0.3 is 0 Å². The molecule has 18 heavy (non-hydrogen) atoms. The van der Waals surface area contributed by atoms with E-state index < -0.39 is 0 Å². The zero-order valence-corrected chi connectivity index (χ0v) is 13.3. The van der Waals surface area contributed by atoms with Gasteiger partial charge in [-0.05, 0) is 17.4 Å². The van der Waals surface area contributed by atoms with Crippen molar-refractivity contribution in [1.29, 1.82) is 0 Å². The van der Waals surface area contributed by atoms with Crippen molar-refractivity contribution < 1.29 is 14.6 Å². The van der Waals surface area contributed by atoms with E-state index in [1.807, 2.05) is 45.9 Å². The van der Waals surface area contributed by atoms with Gasteiger partial charge in [0.2, 0.25) is 0 Å². The maximum Gasteiger partial charge on any atom is 0.161 e. The van der Waals surface area contributed by atoms with E-state index in [4.69, 9.17) is 14.6 Å². The van der Waals surface area contributed by atoms with Gasteiger partial charge in [0.25, 0.3) is 0 Å². The molecule has 0 heterocycles. The highest BCUT2D eigenvalue weighted by molar-refractivity contribution is 7.27. The van der Waals surface area contributed by atoms with Crippen molar-refractivity contribution >= 4 is 14.5 Å². The largest absolute Gasteiger partial charge is 0.493 e. The maximum atomic E-state index is 8.60. The molecule has 1 unspecified atom stereocenters. The standard InChI is InChI=1S/C10H15O3P.2C2H6/c1-12-10-7-8(14)3-4-9(10)13-6-2-5-11;2*1-2/h3-4,7,11H,2,5-6,14H2,1H3;2*1-2H3. The molecule has 0 aromatic heterocycles. The van der Waals surface area contributed by atoms with Crippen LogP contribution in [0.15, 0.2) is 18.2 Å². The van der Waals surface area contributed by atoms with Gasteiger partial charge in [0, 0.05) is 13.0 Å². The molecule has 0 aliphatic carbocycles. The van der Waals surface area contributed by atoms with Crippen LogP contribution >= 0.6 is 9.24 Å². The molecule has 0 saturated carbocycles. The lowest BCUT2D eigenvalue weighted by Crippen LogP contribution is -2.02. The van der Waals surface area contributed by atoms with Crippen molar-refractivity contribution in [3.8, 4) is 11.5 Å². The molecule has 1 aromatic carbocycles. The zero-order valence-electron chi connectivity index (χ0n) is 12.2. The Morgan fingerprint density at radius 3 is 2.22 bits per heavy atom. The minimum absolute atomic E-state index is 0.143. The van der Waals surface area contributed by atoms with E-state index in [0.29, 0.717) is 18.8 Å². The SMILES string of the molecule is CC.CC.COc1cc(P)ccc1OCCCO. The van der Waals surface area contributed by atoms with Gasteiger partial charge in [-0.3, -0.25) is 0 Å². The monoisotopic (exact) mass is 274 g/mol. The summed E-state index contributed by atoms with van der Waals surface area (Å²) in [4.78, 5) is 0. The highest BCUT2D eigenvalue weighted by Crippen LogP contribution is 2.25. The Balaban J connectivity index is 0. The molecular formula is C14H27O3P. The smallest absolute Gasteiger partial charge is 0.161 e. The molecule has 1 rings (SSSR count). The van der Waals surface area contributed by atoms with Crippen molar-refractivity contribution in [3.05, 3.63) is 18.2 Å². The summed E-state index contributed by atoms with van der Waals surface area (Å²) in [6, 6.07) is 5.68. The van der Waals surface area contributed by atoms with Gasteiger partial charge in [-0.25, -0.2) is 0 Å². The van der Waals surface area contributed by atoms with Crippen LogP contribution in [0, 0.1) is 0 Å². The fourth-order valence-electron chi connectivity index (χ4n) is 1.05. The minimum atomic E-state index is 0.143. The Kier molecular flexibility index (Phi) is 15.5. The maximum absolute atomic E-state index is 8.60. The molecule has 1 atom stereocenters. The van der Waals surface area contributed by atoms with Crippen LogP contribution in [0.2, 0.25) is 0 Å². The van der Waals surface area contributed by atoms with Crippen LogP contribution in [0.25, 0.3) is 0 Å². The number of aliphatic hydroxyl groups excluding tert-OH is 1. The van der Waals surface area contributed by atoms with E-state index in [0.717, 1.165) is 11.1 Å². The van der Waals surface area contributed by atoms with Gasteiger partial charge in [0.15, 0.2) is 11.5 Å². The Morgan fingerprint density at radius 2 is 1.72 bits per heavy atom. The molecule has 4 heteroatoms. The summed E-state index contributed by atoms with van der Waals surface area (Å²) in [5.74, 6) is 1.43. The van der Waals surface area contributed by atoms with Crippen LogP contribution in [0.3, 0.4) is 0 Å². The van der Waals surface area contributed by atoms with Gasteiger partial charge in [0.05, 0.1) is 13.7 Å². The van der Waals surface area contributed by atoms with Crippen molar-refractivity contribution in [1.82, 2.24) is 0 Å². The number of ether oxygens (including phenoxy) is 2. The van der Waals surface area contributed by atoms with Crippen LogP contribution < -0.4 is 14.8 Å². The van der Waals surface area contributed by atoms with Gasteiger partial charge < -0.3 is 14.6 Å². The second-order valence-corrected chi connectivity index (χ2v) is 3.50. The Morgan fingerprint density at radius 1 is 1.11 bits per heavy atom. The van der Waals surface area contributed by atoms with E-state index in [9.17, 15) is 0 Å². The van der Waals surface area contributed by atoms with Crippen LogP contribution in [-0.2, 0) is 0 Å². The summed E-state index contributed by atoms with van der Waals surface area (Å²) in [6.45, 7) is 8.65. The van der Waals surface area contributed by atoms with Gasteiger partial charge in [-0.1, -0.05) is 33.8 Å². The highest BCUT2D eigenvalue weighted by atomic mass is 31.0. The minimum Gasteiger partial charge on any atom is -0.493 e. The lowest BCUT2D eigenvalue weighted by molar-refractivity contribution is 0.228. The molecule has 0 fully saturated rings. The fourth-order valence-corrected chi connectivity index (χ4v) is 1.30. The van der Waals surface area contributed by atoms with Gasteiger partial charge in [-0.2, -0.15) is 0 Å². The van der Waals surface area contributed by atoms with E-state index in [1.165, 1.54) is 0 Å².